The first-order chi connectivity index (χ1) is 10.1. The Balaban J connectivity index is 2.83. The molecule has 0 bridgehead atoms. The summed E-state index contributed by atoms with van der Waals surface area (Å²) in [5.41, 5.74) is 4.99. The molecule has 1 atom stereocenters. The summed E-state index contributed by atoms with van der Waals surface area (Å²) in [6, 6.07) is 2.93. The maximum atomic E-state index is 13.2. The van der Waals surface area contributed by atoms with Gasteiger partial charge in [0.1, 0.15) is 11.4 Å². The van der Waals surface area contributed by atoms with Crippen molar-refractivity contribution in [1.29, 1.82) is 0 Å². The number of alkyl carbamates (subject to hydrolysis) is 1. The van der Waals surface area contributed by atoms with Gasteiger partial charge in [-0.25, -0.2) is 9.18 Å². The topological polar surface area (TPSA) is 102 Å². The Morgan fingerprint density at radius 3 is 2.55 bits per heavy atom. The summed E-state index contributed by atoms with van der Waals surface area (Å²) < 4.78 is 18.3. The van der Waals surface area contributed by atoms with Crippen LogP contribution in [0.25, 0.3) is 0 Å². The number of carbonyl (C=O) groups excluding carboxylic acids is 2. The van der Waals surface area contributed by atoms with E-state index in [1.54, 1.807) is 20.8 Å². The van der Waals surface area contributed by atoms with Crippen LogP contribution in [-0.4, -0.2) is 35.4 Å². The van der Waals surface area contributed by atoms with Gasteiger partial charge in [0.2, 0.25) is 5.91 Å². The minimum absolute atomic E-state index is 0.0180. The molecular formula is C15H21FN2O4. The molecule has 0 radical (unpaired) electrons. The molecule has 22 heavy (non-hydrogen) atoms. The molecule has 1 unspecified atom stereocenters. The number of primary amides is 1. The molecule has 0 saturated carbocycles. The van der Waals surface area contributed by atoms with Gasteiger partial charge in [-0.15, -0.1) is 0 Å². The second-order valence-electron chi connectivity index (χ2n) is 5.90. The van der Waals surface area contributed by atoms with Crippen LogP contribution in [-0.2, 0) is 11.2 Å². The molecular weight excluding hydrogens is 291 g/mol. The summed E-state index contributed by atoms with van der Waals surface area (Å²) in [5.74, 6) is -1.36. The highest BCUT2D eigenvalue weighted by Crippen LogP contribution is 2.14. The fourth-order valence-corrected chi connectivity index (χ4v) is 1.86. The standard InChI is InChI=1S/C15H21FN2O4/c1-15(2,3)22-14(21)18-11(8-19)6-9-4-5-10(16)7-12(9)13(17)20/h4-5,7,11,19H,6,8H2,1-3H3,(H2,17,20)(H,18,21). The summed E-state index contributed by atoms with van der Waals surface area (Å²) in [4.78, 5) is 23.0. The number of ether oxygens (including phenoxy) is 1. The van der Waals surface area contributed by atoms with Crippen LogP contribution in [0.2, 0.25) is 0 Å². The van der Waals surface area contributed by atoms with E-state index in [0.717, 1.165) is 6.07 Å². The maximum Gasteiger partial charge on any atom is 0.407 e. The largest absolute Gasteiger partial charge is 0.444 e. The number of hydrogen-bond acceptors (Lipinski definition) is 4. The number of carbonyl (C=O) groups is 2. The van der Waals surface area contributed by atoms with Crippen LogP contribution in [0, 0.1) is 5.82 Å². The molecule has 0 aliphatic heterocycles. The highest BCUT2D eigenvalue weighted by atomic mass is 19.1. The fourth-order valence-electron chi connectivity index (χ4n) is 1.86. The number of halogens is 1. The van der Waals surface area contributed by atoms with Crippen LogP contribution < -0.4 is 11.1 Å². The summed E-state index contributed by atoms with van der Waals surface area (Å²) in [5, 5.41) is 11.9. The van der Waals surface area contributed by atoms with E-state index in [4.69, 9.17) is 10.5 Å². The Hall–Kier alpha value is -2.15. The fraction of sp³-hybridized carbons (Fsp3) is 0.467. The van der Waals surface area contributed by atoms with Crippen molar-refractivity contribution in [3.63, 3.8) is 0 Å². The number of aliphatic hydroxyl groups is 1. The van der Waals surface area contributed by atoms with Crippen molar-refractivity contribution in [1.82, 2.24) is 5.32 Å². The van der Waals surface area contributed by atoms with Gasteiger partial charge in [-0.3, -0.25) is 4.79 Å². The van der Waals surface area contributed by atoms with Crippen LogP contribution in [0.3, 0.4) is 0 Å². The van der Waals surface area contributed by atoms with Crippen molar-refractivity contribution in [2.75, 3.05) is 6.61 Å². The Labute approximate surface area is 128 Å². The maximum absolute atomic E-state index is 13.2. The van der Waals surface area contributed by atoms with E-state index in [2.05, 4.69) is 5.32 Å². The predicted octanol–water partition coefficient (Wildman–Crippen LogP) is 1.35. The van der Waals surface area contributed by atoms with Crippen LogP contribution in [0.5, 0.6) is 0 Å². The van der Waals surface area contributed by atoms with Gasteiger partial charge in [-0.2, -0.15) is 0 Å². The van der Waals surface area contributed by atoms with Crippen molar-refractivity contribution in [3.05, 3.63) is 35.1 Å². The van der Waals surface area contributed by atoms with Gasteiger partial charge in [0.15, 0.2) is 0 Å². The molecule has 1 aromatic rings. The van der Waals surface area contributed by atoms with E-state index < -0.39 is 29.5 Å². The first-order valence-corrected chi connectivity index (χ1v) is 6.81. The van der Waals surface area contributed by atoms with Gasteiger partial charge in [0.25, 0.3) is 0 Å². The van der Waals surface area contributed by atoms with Gasteiger partial charge in [-0.1, -0.05) is 6.07 Å². The Morgan fingerprint density at radius 2 is 2.05 bits per heavy atom. The zero-order valence-corrected chi connectivity index (χ0v) is 12.9. The number of rotatable bonds is 5. The molecule has 0 heterocycles. The van der Waals surface area contributed by atoms with Gasteiger partial charge in [0, 0.05) is 5.56 Å². The quantitative estimate of drug-likeness (QED) is 0.764. The van der Waals surface area contributed by atoms with Crippen LogP contribution in [0.1, 0.15) is 36.7 Å². The predicted molar refractivity (Wildman–Crippen MR) is 78.9 cm³/mol. The number of hydrogen-bond donors (Lipinski definition) is 3. The van der Waals surface area contributed by atoms with E-state index in [1.807, 2.05) is 0 Å². The average Bonchev–Trinajstić information content (AvgIpc) is 2.37. The molecule has 0 aromatic heterocycles. The van der Waals surface area contributed by atoms with E-state index in [9.17, 15) is 19.1 Å². The van der Waals surface area contributed by atoms with Crippen molar-refractivity contribution in [2.24, 2.45) is 5.73 Å². The SMILES string of the molecule is CC(C)(C)OC(=O)NC(CO)Cc1ccc(F)cc1C(N)=O. The summed E-state index contributed by atoms with van der Waals surface area (Å²) in [6.07, 6.45) is -0.567. The van der Waals surface area contributed by atoms with Crippen molar-refractivity contribution < 1.29 is 23.8 Å². The minimum atomic E-state index is -0.775. The first-order valence-electron chi connectivity index (χ1n) is 6.81. The van der Waals surface area contributed by atoms with Crippen LogP contribution in [0.4, 0.5) is 9.18 Å². The molecule has 6 nitrogen and oxygen atoms in total. The van der Waals surface area contributed by atoms with E-state index in [1.165, 1.54) is 12.1 Å². The second kappa shape index (κ2) is 7.22. The third-order valence-corrected chi connectivity index (χ3v) is 2.74. The second-order valence-corrected chi connectivity index (χ2v) is 5.90. The van der Waals surface area contributed by atoms with Gasteiger partial charge >= 0.3 is 6.09 Å². The first kappa shape index (κ1) is 17.9. The van der Waals surface area contributed by atoms with E-state index in [0.29, 0.717) is 5.56 Å². The molecule has 1 rings (SSSR count). The van der Waals surface area contributed by atoms with Gasteiger partial charge < -0.3 is 20.9 Å². The molecule has 4 N–H and O–H groups in total. The molecule has 0 aliphatic rings. The van der Waals surface area contributed by atoms with Crippen molar-refractivity contribution >= 4 is 12.0 Å². The third kappa shape index (κ3) is 5.69. The molecule has 0 fully saturated rings. The zero-order valence-electron chi connectivity index (χ0n) is 12.9. The highest BCUT2D eigenvalue weighted by molar-refractivity contribution is 5.94. The van der Waals surface area contributed by atoms with Crippen LogP contribution in [0.15, 0.2) is 18.2 Å². The summed E-state index contributed by atoms with van der Waals surface area (Å²) >= 11 is 0. The lowest BCUT2D eigenvalue weighted by Gasteiger charge is -2.23. The Kier molecular flexibility index (Phi) is 5.87. The molecule has 0 saturated heterocycles. The molecule has 7 heteroatoms. The molecule has 0 aliphatic carbocycles. The molecule has 1 aromatic carbocycles. The van der Waals surface area contributed by atoms with Crippen LogP contribution >= 0.6 is 0 Å². The zero-order chi connectivity index (χ0) is 16.9. The summed E-state index contributed by atoms with van der Waals surface area (Å²) in [7, 11) is 0. The molecule has 2 amide bonds. The number of nitrogens with one attached hydrogen (secondary N) is 1. The van der Waals surface area contributed by atoms with Gasteiger partial charge in [-0.05, 0) is 44.9 Å². The normalized spacial score (nSPS) is 12.6. The molecule has 0 spiro atoms. The third-order valence-electron chi connectivity index (χ3n) is 2.74. The van der Waals surface area contributed by atoms with E-state index in [-0.39, 0.29) is 18.6 Å². The number of benzene rings is 1. The lowest BCUT2D eigenvalue weighted by atomic mass is 10.00. The lowest BCUT2D eigenvalue weighted by molar-refractivity contribution is 0.0483. The lowest BCUT2D eigenvalue weighted by Crippen LogP contribution is -2.42. The highest BCUT2D eigenvalue weighted by Gasteiger charge is 2.21. The Morgan fingerprint density at radius 1 is 1.41 bits per heavy atom. The van der Waals surface area contributed by atoms with Gasteiger partial charge in [0.05, 0.1) is 12.6 Å². The number of amides is 2. The number of aliphatic hydroxyl groups excluding tert-OH is 1. The Bertz CT molecular complexity index is 555. The number of nitrogens with two attached hydrogens (primary N) is 1. The average molecular weight is 312 g/mol. The monoisotopic (exact) mass is 312 g/mol. The molecule has 122 valence electrons. The van der Waals surface area contributed by atoms with Crippen molar-refractivity contribution in [3.8, 4) is 0 Å². The van der Waals surface area contributed by atoms with Crippen molar-refractivity contribution in [2.45, 2.75) is 38.8 Å². The smallest absolute Gasteiger partial charge is 0.407 e. The summed E-state index contributed by atoms with van der Waals surface area (Å²) in [6.45, 7) is 4.78. The minimum Gasteiger partial charge on any atom is -0.444 e. The van der Waals surface area contributed by atoms with E-state index >= 15 is 0 Å².